The summed E-state index contributed by atoms with van der Waals surface area (Å²) >= 11 is 0. The standard InChI is InChI=1S/C15H17N3/c1-2-10-8-12(9-18-15(10)16)13-5-3-4-11-6-7-17-14(11)13/h3-5,8-9,17H,2,6-7H2,1H3,(H2,16,18). The molecule has 1 aromatic carbocycles. The molecule has 0 bridgehead atoms. The largest absolute Gasteiger partial charge is 0.384 e. The van der Waals surface area contributed by atoms with Crippen LogP contribution in [0.3, 0.4) is 0 Å². The molecule has 1 aliphatic rings. The van der Waals surface area contributed by atoms with E-state index in [4.69, 9.17) is 5.73 Å². The third-order valence-electron chi connectivity index (χ3n) is 3.54. The zero-order chi connectivity index (χ0) is 12.5. The highest BCUT2D eigenvalue weighted by Crippen LogP contribution is 2.34. The van der Waals surface area contributed by atoms with E-state index in [2.05, 4.69) is 41.5 Å². The Labute approximate surface area is 107 Å². The van der Waals surface area contributed by atoms with Gasteiger partial charge in [0.2, 0.25) is 0 Å². The molecule has 0 radical (unpaired) electrons. The van der Waals surface area contributed by atoms with Crippen molar-refractivity contribution in [2.75, 3.05) is 17.6 Å². The molecule has 3 N–H and O–H groups in total. The van der Waals surface area contributed by atoms with Gasteiger partial charge in [0.1, 0.15) is 5.82 Å². The second-order valence-electron chi connectivity index (χ2n) is 4.64. The van der Waals surface area contributed by atoms with Crippen molar-refractivity contribution < 1.29 is 0 Å². The van der Waals surface area contributed by atoms with E-state index in [1.54, 1.807) is 0 Å². The first-order valence-corrected chi connectivity index (χ1v) is 6.40. The topological polar surface area (TPSA) is 50.9 Å². The Morgan fingerprint density at radius 1 is 1.39 bits per heavy atom. The SMILES string of the molecule is CCc1cc(-c2cccc3c2NCC3)cnc1N. The van der Waals surface area contributed by atoms with Crippen LogP contribution in [0.2, 0.25) is 0 Å². The lowest BCUT2D eigenvalue weighted by Crippen LogP contribution is -1.98. The van der Waals surface area contributed by atoms with Gasteiger partial charge in [-0.05, 0) is 30.0 Å². The van der Waals surface area contributed by atoms with Gasteiger partial charge in [-0.3, -0.25) is 0 Å². The van der Waals surface area contributed by atoms with Crippen LogP contribution >= 0.6 is 0 Å². The minimum absolute atomic E-state index is 0.641. The summed E-state index contributed by atoms with van der Waals surface area (Å²) in [5.41, 5.74) is 12.0. The van der Waals surface area contributed by atoms with Crippen LogP contribution in [0.4, 0.5) is 11.5 Å². The van der Waals surface area contributed by atoms with E-state index >= 15 is 0 Å². The normalized spacial score (nSPS) is 13.2. The first-order valence-electron chi connectivity index (χ1n) is 6.40. The highest BCUT2D eigenvalue weighted by Gasteiger charge is 2.15. The Hall–Kier alpha value is -2.03. The van der Waals surface area contributed by atoms with E-state index in [9.17, 15) is 0 Å². The lowest BCUT2D eigenvalue weighted by Gasteiger charge is -2.11. The maximum Gasteiger partial charge on any atom is 0.126 e. The van der Waals surface area contributed by atoms with Crippen LogP contribution in [-0.2, 0) is 12.8 Å². The smallest absolute Gasteiger partial charge is 0.126 e. The van der Waals surface area contributed by atoms with Crippen molar-refractivity contribution in [2.45, 2.75) is 19.8 Å². The van der Waals surface area contributed by atoms with Gasteiger partial charge in [-0.1, -0.05) is 25.1 Å². The fourth-order valence-electron chi connectivity index (χ4n) is 2.53. The second-order valence-corrected chi connectivity index (χ2v) is 4.64. The Bertz CT molecular complexity index is 590. The zero-order valence-electron chi connectivity index (χ0n) is 10.5. The molecular formula is C15H17N3. The van der Waals surface area contributed by atoms with Gasteiger partial charge < -0.3 is 11.1 Å². The van der Waals surface area contributed by atoms with Gasteiger partial charge in [0.15, 0.2) is 0 Å². The molecule has 18 heavy (non-hydrogen) atoms. The van der Waals surface area contributed by atoms with Crippen LogP contribution in [0.15, 0.2) is 30.5 Å². The predicted molar refractivity (Wildman–Crippen MR) is 75.7 cm³/mol. The minimum Gasteiger partial charge on any atom is -0.384 e. The number of nitrogens with zero attached hydrogens (tertiary/aromatic N) is 1. The molecule has 3 rings (SSSR count). The summed E-state index contributed by atoms with van der Waals surface area (Å²) in [4.78, 5) is 4.30. The maximum absolute atomic E-state index is 5.86. The van der Waals surface area contributed by atoms with Crippen molar-refractivity contribution >= 4 is 11.5 Å². The van der Waals surface area contributed by atoms with Gasteiger partial charge in [0.25, 0.3) is 0 Å². The predicted octanol–water partition coefficient (Wildman–Crippen LogP) is 2.86. The lowest BCUT2D eigenvalue weighted by molar-refractivity contribution is 1.11. The number of para-hydroxylation sites is 1. The number of aryl methyl sites for hydroxylation is 1. The molecule has 3 nitrogen and oxygen atoms in total. The van der Waals surface area contributed by atoms with Crippen molar-refractivity contribution in [3.8, 4) is 11.1 Å². The number of aromatic nitrogens is 1. The summed E-state index contributed by atoms with van der Waals surface area (Å²) < 4.78 is 0. The summed E-state index contributed by atoms with van der Waals surface area (Å²) in [6, 6.07) is 8.59. The van der Waals surface area contributed by atoms with Crippen molar-refractivity contribution in [2.24, 2.45) is 0 Å². The highest BCUT2D eigenvalue weighted by molar-refractivity contribution is 5.82. The molecule has 3 heteroatoms. The van der Waals surface area contributed by atoms with Gasteiger partial charge in [0, 0.05) is 29.6 Å². The Kier molecular flexibility index (Phi) is 2.67. The number of pyridine rings is 1. The quantitative estimate of drug-likeness (QED) is 0.847. The van der Waals surface area contributed by atoms with Crippen molar-refractivity contribution in [1.29, 1.82) is 0 Å². The maximum atomic E-state index is 5.86. The third-order valence-corrected chi connectivity index (χ3v) is 3.54. The van der Waals surface area contributed by atoms with Crippen molar-refractivity contribution in [1.82, 2.24) is 4.98 Å². The fourth-order valence-corrected chi connectivity index (χ4v) is 2.53. The van der Waals surface area contributed by atoms with E-state index in [0.717, 1.165) is 30.5 Å². The first-order chi connectivity index (χ1) is 8.79. The molecule has 0 aliphatic carbocycles. The number of benzene rings is 1. The van der Waals surface area contributed by atoms with Crippen molar-refractivity contribution in [3.63, 3.8) is 0 Å². The third kappa shape index (κ3) is 1.72. The zero-order valence-corrected chi connectivity index (χ0v) is 10.5. The Balaban J connectivity index is 2.13. The van der Waals surface area contributed by atoms with Gasteiger partial charge in [-0.15, -0.1) is 0 Å². The lowest BCUT2D eigenvalue weighted by atomic mass is 10.00. The van der Waals surface area contributed by atoms with Gasteiger partial charge in [-0.2, -0.15) is 0 Å². The Morgan fingerprint density at radius 3 is 3.11 bits per heavy atom. The summed E-state index contributed by atoms with van der Waals surface area (Å²) in [5.74, 6) is 0.641. The summed E-state index contributed by atoms with van der Waals surface area (Å²) in [6.07, 6.45) is 3.88. The number of rotatable bonds is 2. The molecule has 92 valence electrons. The number of fused-ring (bicyclic) bond motifs is 1. The summed E-state index contributed by atoms with van der Waals surface area (Å²) in [5, 5.41) is 3.46. The van der Waals surface area contributed by atoms with Crippen LogP contribution in [0.25, 0.3) is 11.1 Å². The van der Waals surface area contributed by atoms with E-state index in [1.807, 2.05) is 6.20 Å². The average molecular weight is 239 g/mol. The fraction of sp³-hybridized carbons (Fsp3) is 0.267. The number of nitrogen functional groups attached to an aromatic ring is 1. The molecule has 0 atom stereocenters. The molecule has 0 amide bonds. The van der Waals surface area contributed by atoms with E-state index in [1.165, 1.54) is 16.8 Å². The van der Waals surface area contributed by atoms with E-state index in [0.29, 0.717) is 5.82 Å². The average Bonchev–Trinajstić information content (AvgIpc) is 2.87. The van der Waals surface area contributed by atoms with E-state index in [-0.39, 0.29) is 0 Å². The van der Waals surface area contributed by atoms with Gasteiger partial charge >= 0.3 is 0 Å². The van der Waals surface area contributed by atoms with E-state index < -0.39 is 0 Å². The second kappa shape index (κ2) is 4.33. The molecule has 0 saturated heterocycles. The molecule has 0 spiro atoms. The van der Waals surface area contributed by atoms with Gasteiger partial charge in [-0.25, -0.2) is 4.98 Å². The number of anilines is 2. The van der Waals surface area contributed by atoms with Crippen LogP contribution in [0, 0.1) is 0 Å². The molecular weight excluding hydrogens is 222 g/mol. The molecule has 1 aliphatic heterocycles. The summed E-state index contributed by atoms with van der Waals surface area (Å²) in [7, 11) is 0. The van der Waals surface area contributed by atoms with Crippen LogP contribution in [0.5, 0.6) is 0 Å². The van der Waals surface area contributed by atoms with Crippen LogP contribution < -0.4 is 11.1 Å². The van der Waals surface area contributed by atoms with Gasteiger partial charge in [0.05, 0.1) is 0 Å². The number of hydrogen-bond donors (Lipinski definition) is 2. The molecule has 1 aromatic heterocycles. The Morgan fingerprint density at radius 2 is 2.28 bits per heavy atom. The number of nitrogens with two attached hydrogens (primary N) is 1. The van der Waals surface area contributed by atoms with Crippen LogP contribution in [0.1, 0.15) is 18.1 Å². The number of hydrogen-bond acceptors (Lipinski definition) is 3. The molecule has 2 heterocycles. The first kappa shape index (κ1) is 11.1. The van der Waals surface area contributed by atoms with Crippen molar-refractivity contribution in [3.05, 3.63) is 41.6 Å². The highest BCUT2D eigenvalue weighted by atomic mass is 14.9. The molecule has 0 saturated carbocycles. The summed E-state index contributed by atoms with van der Waals surface area (Å²) in [6.45, 7) is 3.13. The number of nitrogens with one attached hydrogen (secondary N) is 1. The monoisotopic (exact) mass is 239 g/mol. The van der Waals surface area contributed by atoms with Crippen LogP contribution in [-0.4, -0.2) is 11.5 Å². The minimum atomic E-state index is 0.641. The molecule has 2 aromatic rings. The molecule has 0 fully saturated rings. The molecule has 0 unspecified atom stereocenters.